The van der Waals surface area contributed by atoms with Gasteiger partial charge in [0.05, 0.1) is 16.7 Å². The van der Waals surface area contributed by atoms with Crippen molar-refractivity contribution in [2.24, 2.45) is 4.40 Å². The van der Waals surface area contributed by atoms with Crippen molar-refractivity contribution in [3.8, 4) is 0 Å². The van der Waals surface area contributed by atoms with Crippen LogP contribution in [0.5, 0.6) is 0 Å². The SMILES string of the molecule is Cc1ccc(N2C[C@H](C)O[C@]23/C(=N/S(=O)(=O)c2ccc(C)cc2)N(C)c2ccccc23)cc1. The highest BCUT2D eigenvalue weighted by Crippen LogP contribution is 2.50. The molecule has 0 saturated carbocycles. The molecule has 0 unspecified atom stereocenters. The van der Waals surface area contributed by atoms with Crippen LogP contribution >= 0.6 is 0 Å². The number of sulfonamides is 1. The zero-order valence-corrected chi connectivity index (χ0v) is 20.0. The third-order valence-electron chi connectivity index (χ3n) is 6.31. The van der Waals surface area contributed by atoms with Gasteiger partial charge in [-0.15, -0.1) is 4.40 Å². The zero-order chi connectivity index (χ0) is 23.4. The summed E-state index contributed by atoms with van der Waals surface area (Å²) < 4.78 is 37.9. The number of ether oxygens (including phenoxy) is 1. The van der Waals surface area contributed by atoms with Crippen molar-refractivity contribution < 1.29 is 13.2 Å². The molecule has 1 saturated heterocycles. The summed E-state index contributed by atoms with van der Waals surface area (Å²) in [5, 5.41) is 0. The van der Waals surface area contributed by atoms with Crippen molar-refractivity contribution in [3.63, 3.8) is 0 Å². The lowest BCUT2D eigenvalue weighted by atomic mass is 10.0. The Morgan fingerprint density at radius 3 is 2.21 bits per heavy atom. The Bertz CT molecular complexity index is 1330. The first kappa shape index (κ1) is 21.7. The molecular weight excluding hydrogens is 434 g/mol. The third kappa shape index (κ3) is 3.43. The number of benzene rings is 3. The second-order valence-corrected chi connectivity index (χ2v) is 10.4. The Morgan fingerprint density at radius 1 is 0.939 bits per heavy atom. The molecule has 0 amide bonds. The van der Waals surface area contributed by atoms with Crippen LogP contribution in [0.2, 0.25) is 0 Å². The van der Waals surface area contributed by atoms with Gasteiger partial charge in [0.15, 0.2) is 5.84 Å². The number of fused-ring (bicyclic) bond motifs is 2. The summed E-state index contributed by atoms with van der Waals surface area (Å²) in [6.45, 7) is 6.58. The Hall–Kier alpha value is -3.16. The second-order valence-electron chi connectivity index (χ2n) is 8.80. The van der Waals surface area contributed by atoms with Crippen molar-refractivity contribution in [3.05, 3.63) is 89.5 Å². The number of nitrogens with zero attached hydrogens (tertiary/aromatic N) is 3. The van der Waals surface area contributed by atoms with Gasteiger partial charge in [0, 0.05) is 24.8 Å². The van der Waals surface area contributed by atoms with Gasteiger partial charge in [-0.2, -0.15) is 8.42 Å². The first-order valence-electron chi connectivity index (χ1n) is 11.0. The van der Waals surface area contributed by atoms with Gasteiger partial charge >= 0.3 is 0 Å². The van der Waals surface area contributed by atoms with Crippen molar-refractivity contribution in [1.82, 2.24) is 0 Å². The van der Waals surface area contributed by atoms with Gasteiger partial charge in [0.2, 0.25) is 5.72 Å². The van der Waals surface area contributed by atoms with Crippen LogP contribution < -0.4 is 9.80 Å². The monoisotopic (exact) mass is 461 g/mol. The molecule has 33 heavy (non-hydrogen) atoms. The average Bonchev–Trinajstić information content (AvgIpc) is 3.25. The van der Waals surface area contributed by atoms with Crippen LogP contribution in [0.15, 0.2) is 82.1 Å². The molecule has 1 fully saturated rings. The molecule has 3 aromatic carbocycles. The second kappa shape index (κ2) is 7.71. The van der Waals surface area contributed by atoms with Crippen LogP contribution in [0.1, 0.15) is 23.6 Å². The van der Waals surface area contributed by atoms with Gasteiger partial charge in [0.1, 0.15) is 0 Å². The van der Waals surface area contributed by atoms with E-state index in [2.05, 4.69) is 21.4 Å². The Balaban J connectivity index is 1.74. The topological polar surface area (TPSA) is 62.2 Å². The smallest absolute Gasteiger partial charge is 0.284 e. The summed E-state index contributed by atoms with van der Waals surface area (Å²) in [6, 6.07) is 22.8. The minimum Gasteiger partial charge on any atom is -0.340 e. The third-order valence-corrected chi connectivity index (χ3v) is 7.60. The Kier molecular flexibility index (Phi) is 5.06. The van der Waals surface area contributed by atoms with Gasteiger partial charge in [-0.1, -0.05) is 53.6 Å². The van der Waals surface area contributed by atoms with Crippen LogP contribution in [0.3, 0.4) is 0 Å². The Morgan fingerprint density at radius 2 is 1.55 bits per heavy atom. The maximum absolute atomic E-state index is 13.4. The first-order chi connectivity index (χ1) is 15.7. The summed E-state index contributed by atoms with van der Waals surface area (Å²) in [5.74, 6) is 0.342. The van der Waals surface area contributed by atoms with E-state index in [1.165, 1.54) is 0 Å². The summed E-state index contributed by atoms with van der Waals surface area (Å²) in [6.07, 6.45) is -0.127. The minimum absolute atomic E-state index is 0.127. The van der Waals surface area contributed by atoms with Gasteiger partial charge in [0.25, 0.3) is 10.0 Å². The van der Waals surface area contributed by atoms with E-state index < -0.39 is 15.7 Å². The summed E-state index contributed by atoms with van der Waals surface area (Å²) in [5.41, 5.74) is 3.72. The number of aryl methyl sites for hydroxylation is 2. The average molecular weight is 462 g/mol. The number of anilines is 2. The molecule has 0 aromatic heterocycles. The number of amidine groups is 1. The number of hydrogen-bond acceptors (Lipinski definition) is 4. The fourth-order valence-corrected chi connectivity index (χ4v) is 5.75. The first-order valence-corrected chi connectivity index (χ1v) is 12.4. The van der Waals surface area contributed by atoms with Crippen LogP contribution in [0, 0.1) is 13.8 Å². The highest BCUT2D eigenvalue weighted by atomic mass is 32.2. The molecule has 2 aliphatic heterocycles. The minimum atomic E-state index is -3.96. The predicted octanol–water partition coefficient (Wildman–Crippen LogP) is 4.62. The number of rotatable bonds is 3. The summed E-state index contributed by atoms with van der Waals surface area (Å²) in [4.78, 5) is 4.12. The fraction of sp³-hybridized carbons (Fsp3) is 0.269. The highest BCUT2D eigenvalue weighted by molar-refractivity contribution is 7.90. The summed E-state index contributed by atoms with van der Waals surface area (Å²) >= 11 is 0. The number of para-hydroxylation sites is 1. The van der Waals surface area contributed by atoms with E-state index in [-0.39, 0.29) is 11.0 Å². The van der Waals surface area contributed by atoms with E-state index in [0.717, 1.165) is 28.1 Å². The van der Waals surface area contributed by atoms with E-state index >= 15 is 0 Å². The van der Waals surface area contributed by atoms with Crippen molar-refractivity contribution in [2.75, 3.05) is 23.4 Å². The van der Waals surface area contributed by atoms with Crippen molar-refractivity contribution in [1.29, 1.82) is 0 Å². The molecule has 2 atom stereocenters. The normalized spacial score (nSPS) is 23.5. The molecule has 0 aliphatic carbocycles. The highest BCUT2D eigenvalue weighted by Gasteiger charge is 2.58. The predicted molar refractivity (Wildman–Crippen MR) is 131 cm³/mol. The molecule has 6 nitrogen and oxygen atoms in total. The molecular formula is C26H27N3O3S. The maximum atomic E-state index is 13.4. The molecule has 2 aliphatic rings. The lowest BCUT2D eigenvalue weighted by Crippen LogP contribution is -2.50. The Labute approximate surface area is 195 Å². The van der Waals surface area contributed by atoms with Crippen molar-refractivity contribution in [2.45, 2.75) is 37.5 Å². The number of likely N-dealkylation sites (N-methyl/N-ethyl adjacent to an activating group) is 1. The van der Waals surface area contributed by atoms with E-state index in [4.69, 9.17) is 4.74 Å². The van der Waals surface area contributed by atoms with Crippen LogP contribution in [-0.4, -0.2) is 33.9 Å². The van der Waals surface area contributed by atoms with Gasteiger partial charge in [-0.05, 0) is 51.1 Å². The van der Waals surface area contributed by atoms with E-state index in [1.54, 1.807) is 24.3 Å². The molecule has 0 bridgehead atoms. The van der Waals surface area contributed by atoms with Crippen LogP contribution in [0.4, 0.5) is 11.4 Å². The largest absolute Gasteiger partial charge is 0.340 e. The number of hydrogen-bond donors (Lipinski definition) is 0. The molecule has 0 radical (unpaired) electrons. The van der Waals surface area contributed by atoms with Crippen LogP contribution in [-0.2, 0) is 20.5 Å². The van der Waals surface area contributed by atoms with E-state index in [1.807, 2.05) is 69.1 Å². The van der Waals surface area contributed by atoms with Gasteiger partial charge in [-0.25, -0.2) is 0 Å². The molecule has 5 rings (SSSR count). The zero-order valence-electron chi connectivity index (χ0n) is 19.2. The van der Waals surface area contributed by atoms with Crippen molar-refractivity contribution >= 4 is 27.2 Å². The van der Waals surface area contributed by atoms with Gasteiger partial charge < -0.3 is 14.5 Å². The lowest BCUT2D eigenvalue weighted by molar-refractivity contribution is 0.0173. The van der Waals surface area contributed by atoms with Gasteiger partial charge in [-0.3, -0.25) is 0 Å². The fourth-order valence-electron chi connectivity index (χ4n) is 4.69. The molecule has 3 aromatic rings. The van der Waals surface area contributed by atoms with E-state index in [0.29, 0.717) is 12.4 Å². The molecule has 7 heteroatoms. The quantitative estimate of drug-likeness (QED) is 0.570. The molecule has 0 N–H and O–H groups in total. The van der Waals surface area contributed by atoms with E-state index in [9.17, 15) is 8.42 Å². The maximum Gasteiger partial charge on any atom is 0.284 e. The lowest BCUT2D eigenvalue weighted by Gasteiger charge is -2.36. The molecule has 1 spiro atoms. The molecule has 170 valence electrons. The molecule has 2 heterocycles. The summed E-state index contributed by atoms with van der Waals surface area (Å²) in [7, 11) is -2.12. The van der Waals surface area contributed by atoms with Crippen LogP contribution in [0.25, 0.3) is 0 Å². The standard InChI is InChI=1S/C26H27N3O3S/c1-18-9-13-21(14-10-18)29-17-20(3)32-26(29)23-7-5-6-8-24(23)28(4)25(26)27-33(30,31)22-15-11-19(2)12-16-22/h5-16,20H,17H2,1-4H3/b27-25-/t20-,26+/m0/s1.